The van der Waals surface area contributed by atoms with Crippen molar-refractivity contribution in [1.82, 2.24) is 14.9 Å². The van der Waals surface area contributed by atoms with E-state index in [0.29, 0.717) is 51.5 Å². The molecule has 3 heterocycles. The molecule has 1 amide bonds. The van der Waals surface area contributed by atoms with Crippen LogP contribution in [0.1, 0.15) is 39.2 Å². The van der Waals surface area contributed by atoms with Crippen molar-refractivity contribution in [3.63, 3.8) is 0 Å². The van der Waals surface area contributed by atoms with E-state index in [4.69, 9.17) is 54.0 Å². The Labute approximate surface area is 238 Å². The smallest absolute Gasteiger partial charge is 0.410 e. The number of nitrogens with zero attached hydrogens (tertiary/aromatic N) is 3. The van der Waals surface area contributed by atoms with Crippen molar-refractivity contribution >= 4 is 40.9 Å². The lowest BCUT2D eigenvalue weighted by atomic mass is 10.0. The summed E-state index contributed by atoms with van der Waals surface area (Å²) in [6, 6.07) is 11.1. The van der Waals surface area contributed by atoms with Gasteiger partial charge in [-0.15, -0.1) is 0 Å². The molecule has 0 spiro atoms. The maximum absolute atomic E-state index is 13.2. The summed E-state index contributed by atoms with van der Waals surface area (Å²) in [4.78, 5) is 23.7. The zero-order chi connectivity index (χ0) is 27.4. The van der Waals surface area contributed by atoms with E-state index >= 15 is 0 Å². The van der Waals surface area contributed by atoms with Gasteiger partial charge in [0.15, 0.2) is 0 Å². The van der Waals surface area contributed by atoms with Crippen LogP contribution in [0.2, 0.25) is 15.2 Å². The van der Waals surface area contributed by atoms with E-state index in [1.54, 1.807) is 24.3 Å². The molecule has 202 valence electrons. The molecular formula is C28H30Cl3N3O4. The lowest BCUT2D eigenvalue weighted by Crippen LogP contribution is -2.45. The lowest BCUT2D eigenvalue weighted by molar-refractivity contribution is -0.00825. The van der Waals surface area contributed by atoms with E-state index in [9.17, 15) is 4.79 Å². The summed E-state index contributed by atoms with van der Waals surface area (Å²) < 4.78 is 16.9. The second kappa shape index (κ2) is 12.1. The zero-order valence-corrected chi connectivity index (χ0v) is 24.0. The molecule has 7 nitrogen and oxygen atoms in total. The van der Waals surface area contributed by atoms with Crippen molar-refractivity contribution < 1.29 is 19.0 Å². The summed E-state index contributed by atoms with van der Waals surface area (Å²) in [5.41, 5.74) is 2.83. The summed E-state index contributed by atoms with van der Waals surface area (Å²) in [6.45, 7) is 7.05. The molecule has 0 radical (unpaired) electrons. The van der Waals surface area contributed by atoms with E-state index in [0.717, 1.165) is 18.4 Å². The summed E-state index contributed by atoms with van der Waals surface area (Å²) in [6.07, 6.45) is 2.67. The molecule has 0 atom stereocenters. The van der Waals surface area contributed by atoms with E-state index in [2.05, 4.69) is 4.98 Å². The van der Waals surface area contributed by atoms with Crippen molar-refractivity contribution in [1.29, 1.82) is 0 Å². The summed E-state index contributed by atoms with van der Waals surface area (Å²) >= 11 is 19.4. The van der Waals surface area contributed by atoms with Crippen LogP contribution in [0.5, 0.6) is 5.88 Å². The van der Waals surface area contributed by atoms with Gasteiger partial charge in [0.1, 0.15) is 10.8 Å². The third-order valence-corrected chi connectivity index (χ3v) is 7.32. The Balaban J connectivity index is 1.68. The van der Waals surface area contributed by atoms with Gasteiger partial charge in [0, 0.05) is 47.7 Å². The van der Waals surface area contributed by atoms with Crippen LogP contribution < -0.4 is 4.74 Å². The minimum Gasteiger partial charge on any atom is -0.481 e. The number of halogens is 3. The Bertz CT molecular complexity index is 1310. The van der Waals surface area contributed by atoms with Gasteiger partial charge in [0.2, 0.25) is 5.88 Å². The molecule has 3 aromatic rings. The molecular weight excluding hydrogens is 549 g/mol. The number of carbonyl (C=O) groups excluding carboxylic acids is 1. The molecule has 1 saturated heterocycles. The topological polar surface area (TPSA) is 73.8 Å². The predicted octanol–water partition coefficient (Wildman–Crippen LogP) is 7.70. The number of hydrogen-bond donors (Lipinski definition) is 0. The molecule has 0 saturated carbocycles. The van der Waals surface area contributed by atoms with Gasteiger partial charge in [0.05, 0.1) is 29.4 Å². The van der Waals surface area contributed by atoms with Crippen LogP contribution in [0.3, 0.4) is 0 Å². The molecule has 38 heavy (non-hydrogen) atoms. The minimum atomic E-state index is -0.615. The van der Waals surface area contributed by atoms with Gasteiger partial charge < -0.3 is 19.1 Å². The monoisotopic (exact) mass is 577 g/mol. The molecule has 2 aromatic heterocycles. The third-order valence-electron chi connectivity index (χ3n) is 6.14. The number of methoxy groups -OCH3 is 1. The highest BCUT2D eigenvalue weighted by molar-refractivity contribution is 6.43. The first kappa shape index (κ1) is 28.4. The summed E-state index contributed by atoms with van der Waals surface area (Å²) in [7, 11) is 1.55. The van der Waals surface area contributed by atoms with Crippen molar-refractivity contribution in [2.24, 2.45) is 0 Å². The molecule has 0 N–H and O–H groups in total. The molecule has 4 rings (SSSR count). The molecule has 0 bridgehead atoms. The second-order valence-electron chi connectivity index (χ2n) is 9.95. The molecule has 1 fully saturated rings. The quantitative estimate of drug-likeness (QED) is 0.279. The Morgan fingerprint density at radius 2 is 1.71 bits per heavy atom. The van der Waals surface area contributed by atoms with Crippen molar-refractivity contribution in [2.75, 3.05) is 20.3 Å². The van der Waals surface area contributed by atoms with Crippen LogP contribution in [0, 0.1) is 0 Å². The van der Waals surface area contributed by atoms with E-state index in [-0.39, 0.29) is 23.8 Å². The van der Waals surface area contributed by atoms with Crippen LogP contribution in [0.15, 0.2) is 42.6 Å². The lowest BCUT2D eigenvalue weighted by Gasteiger charge is -2.35. The average Bonchev–Trinajstić information content (AvgIpc) is 2.89. The average molecular weight is 579 g/mol. The predicted molar refractivity (Wildman–Crippen MR) is 150 cm³/mol. The van der Waals surface area contributed by atoms with Crippen LogP contribution in [-0.2, 0) is 16.0 Å². The Morgan fingerprint density at radius 3 is 2.39 bits per heavy atom. The fraction of sp³-hybridized carbons (Fsp3) is 0.393. The van der Waals surface area contributed by atoms with E-state index < -0.39 is 5.60 Å². The van der Waals surface area contributed by atoms with Gasteiger partial charge in [0.25, 0.3) is 0 Å². The maximum Gasteiger partial charge on any atom is 0.410 e. The standard InChI is InChI=1S/C28H30Cl3N3O4/c1-28(2,3)38-27(35)34(18-11-14-37-15-12-18)16-17-8-9-22(33-26(17)36-4)21-7-5-6-19(23(21)29)20-10-13-32-25(31)24(20)30/h5-10,13,18H,11-12,14-16H2,1-4H3. The Hall–Kier alpha value is -2.58. The number of pyridine rings is 2. The number of carbonyl (C=O) groups is 1. The SMILES string of the molecule is COc1nc(-c2cccc(-c3ccnc(Cl)c3Cl)c2Cl)ccc1CN(C(=O)OC(C)(C)C)C1CCOCC1. The first-order valence-corrected chi connectivity index (χ1v) is 13.4. The van der Waals surface area contributed by atoms with Crippen molar-refractivity contribution in [2.45, 2.75) is 51.8 Å². The number of amides is 1. The van der Waals surface area contributed by atoms with Crippen molar-refractivity contribution in [3.8, 4) is 28.3 Å². The molecule has 10 heteroatoms. The second-order valence-corrected chi connectivity index (χ2v) is 11.1. The van der Waals surface area contributed by atoms with E-state index in [1.165, 1.54) is 0 Å². The van der Waals surface area contributed by atoms with Crippen LogP contribution in [0.25, 0.3) is 22.4 Å². The number of ether oxygens (including phenoxy) is 3. The zero-order valence-electron chi connectivity index (χ0n) is 21.8. The first-order chi connectivity index (χ1) is 18.1. The van der Waals surface area contributed by atoms with Gasteiger partial charge in [-0.2, -0.15) is 0 Å². The minimum absolute atomic E-state index is 0.00829. The number of rotatable bonds is 6. The largest absolute Gasteiger partial charge is 0.481 e. The summed E-state index contributed by atoms with van der Waals surface area (Å²) in [5, 5.41) is 0.995. The van der Waals surface area contributed by atoms with E-state index in [1.807, 2.05) is 51.1 Å². The van der Waals surface area contributed by atoms with Gasteiger partial charge in [-0.05, 0) is 51.8 Å². The highest BCUT2D eigenvalue weighted by Crippen LogP contribution is 2.40. The highest BCUT2D eigenvalue weighted by atomic mass is 35.5. The number of aromatic nitrogens is 2. The Morgan fingerprint density at radius 1 is 1.03 bits per heavy atom. The summed E-state index contributed by atoms with van der Waals surface area (Å²) in [5.74, 6) is 0.398. The Kier molecular flexibility index (Phi) is 9.04. The molecule has 1 aliphatic heterocycles. The maximum atomic E-state index is 13.2. The fourth-order valence-electron chi connectivity index (χ4n) is 4.32. The van der Waals surface area contributed by atoms with Crippen molar-refractivity contribution in [3.05, 3.63) is 63.4 Å². The normalized spacial score (nSPS) is 14.3. The van der Waals surface area contributed by atoms with Gasteiger partial charge in [-0.3, -0.25) is 0 Å². The molecule has 0 unspecified atom stereocenters. The van der Waals surface area contributed by atoms with Crippen LogP contribution >= 0.6 is 34.8 Å². The van der Waals surface area contributed by atoms with Gasteiger partial charge in [-0.25, -0.2) is 14.8 Å². The van der Waals surface area contributed by atoms with Crippen LogP contribution in [-0.4, -0.2) is 52.9 Å². The molecule has 1 aromatic carbocycles. The fourth-order valence-corrected chi connectivity index (χ4v) is 5.02. The third kappa shape index (κ3) is 6.52. The molecule has 0 aliphatic carbocycles. The van der Waals surface area contributed by atoms with Gasteiger partial charge in [-0.1, -0.05) is 53.0 Å². The van der Waals surface area contributed by atoms with Gasteiger partial charge >= 0.3 is 6.09 Å². The number of benzene rings is 1. The first-order valence-electron chi connectivity index (χ1n) is 12.3. The van der Waals surface area contributed by atoms with Crippen LogP contribution in [0.4, 0.5) is 4.79 Å². The number of hydrogen-bond acceptors (Lipinski definition) is 6. The molecule has 1 aliphatic rings. The highest BCUT2D eigenvalue weighted by Gasteiger charge is 2.31.